The van der Waals surface area contributed by atoms with Crippen molar-refractivity contribution >= 4 is 33.4 Å². The van der Waals surface area contributed by atoms with E-state index in [1.165, 1.54) is 28.2 Å². The third-order valence-electron chi connectivity index (χ3n) is 4.44. The van der Waals surface area contributed by atoms with Crippen molar-refractivity contribution in [1.29, 1.82) is 0 Å². The number of nitrogens with zero attached hydrogens (tertiary/aromatic N) is 2. The number of hydrogen-bond acceptors (Lipinski definition) is 6. The number of carbonyl (C=O) groups excluding carboxylic acids is 2. The summed E-state index contributed by atoms with van der Waals surface area (Å²) in [5.41, 5.74) is 1.04. The Kier molecular flexibility index (Phi) is 8.60. The van der Waals surface area contributed by atoms with E-state index in [4.69, 9.17) is 9.47 Å². The molecule has 0 spiro atoms. The lowest BCUT2D eigenvalue weighted by Gasteiger charge is -2.17. The highest BCUT2D eigenvalue weighted by Gasteiger charge is 2.25. The molecule has 0 unspecified atom stereocenters. The predicted molar refractivity (Wildman–Crippen MR) is 117 cm³/mol. The summed E-state index contributed by atoms with van der Waals surface area (Å²) < 4.78 is 37.9. The SMILES string of the molecule is CCN(CC)S(=O)(=O)c1cc(C(=O)Nc2cccc(NC(=O)OCCOC)c2)n(C)c1. The van der Waals surface area contributed by atoms with E-state index >= 15 is 0 Å². The number of aryl methyl sites for hydroxylation is 1. The van der Waals surface area contributed by atoms with Gasteiger partial charge in [-0.1, -0.05) is 19.9 Å². The van der Waals surface area contributed by atoms with Gasteiger partial charge in [0, 0.05) is 44.8 Å². The lowest BCUT2D eigenvalue weighted by molar-refractivity contribution is 0.101. The summed E-state index contributed by atoms with van der Waals surface area (Å²) in [7, 11) is -0.574. The second-order valence-electron chi connectivity index (χ2n) is 6.55. The van der Waals surface area contributed by atoms with Gasteiger partial charge in [0.15, 0.2) is 0 Å². The Balaban J connectivity index is 2.12. The van der Waals surface area contributed by atoms with Gasteiger partial charge in [-0.3, -0.25) is 10.1 Å². The van der Waals surface area contributed by atoms with Crippen LogP contribution in [0.3, 0.4) is 0 Å². The zero-order valence-corrected chi connectivity index (χ0v) is 18.9. The molecule has 0 saturated heterocycles. The summed E-state index contributed by atoms with van der Waals surface area (Å²) in [5.74, 6) is -0.483. The first kappa shape index (κ1) is 24.4. The molecule has 0 saturated carbocycles. The molecule has 31 heavy (non-hydrogen) atoms. The molecule has 1 heterocycles. The molecule has 11 heteroatoms. The highest BCUT2D eigenvalue weighted by atomic mass is 32.2. The van der Waals surface area contributed by atoms with Crippen LogP contribution in [0.25, 0.3) is 0 Å². The molecule has 170 valence electrons. The Labute approximate surface area is 182 Å². The van der Waals surface area contributed by atoms with Crippen LogP contribution in [0.4, 0.5) is 16.2 Å². The second-order valence-corrected chi connectivity index (χ2v) is 8.49. The van der Waals surface area contributed by atoms with E-state index in [1.54, 1.807) is 45.2 Å². The molecule has 2 aromatic rings. The first-order valence-corrected chi connectivity index (χ1v) is 11.2. The summed E-state index contributed by atoms with van der Waals surface area (Å²) in [6.07, 6.45) is 0.769. The first-order chi connectivity index (χ1) is 14.7. The van der Waals surface area contributed by atoms with E-state index in [1.807, 2.05) is 0 Å². The third-order valence-corrected chi connectivity index (χ3v) is 6.46. The van der Waals surface area contributed by atoms with Crippen LogP contribution in [0.2, 0.25) is 0 Å². The monoisotopic (exact) mass is 452 g/mol. The fraction of sp³-hybridized carbons (Fsp3) is 0.400. The van der Waals surface area contributed by atoms with Crippen LogP contribution >= 0.6 is 0 Å². The van der Waals surface area contributed by atoms with Gasteiger partial charge in [0.1, 0.15) is 17.2 Å². The molecule has 0 fully saturated rings. The number of methoxy groups -OCH3 is 1. The molecule has 10 nitrogen and oxygen atoms in total. The van der Waals surface area contributed by atoms with Gasteiger partial charge in [-0.2, -0.15) is 4.31 Å². The standard InChI is InChI=1S/C20H28N4O6S/c1-5-24(6-2)31(27,28)17-13-18(23(3)14-17)19(25)21-15-8-7-9-16(12-15)22-20(26)30-11-10-29-4/h7-9,12-14H,5-6,10-11H2,1-4H3,(H,21,25)(H,22,26). The quantitative estimate of drug-likeness (QED) is 0.535. The Hall–Kier alpha value is -2.89. The molecule has 2 amide bonds. The summed E-state index contributed by atoms with van der Waals surface area (Å²) in [5, 5.41) is 5.26. The van der Waals surface area contributed by atoms with Crippen molar-refractivity contribution in [2.24, 2.45) is 7.05 Å². The van der Waals surface area contributed by atoms with E-state index < -0.39 is 22.0 Å². The van der Waals surface area contributed by atoms with Crippen molar-refractivity contribution in [3.8, 4) is 0 Å². The minimum Gasteiger partial charge on any atom is -0.447 e. The molecule has 2 rings (SSSR count). The molecule has 0 bridgehead atoms. The van der Waals surface area contributed by atoms with Crippen molar-refractivity contribution in [2.75, 3.05) is 44.0 Å². The largest absolute Gasteiger partial charge is 0.447 e. The molecule has 1 aromatic heterocycles. The minimum atomic E-state index is -3.68. The van der Waals surface area contributed by atoms with Crippen LogP contribution < -0.4 is 10.6 Å². The van der Waals surface area contributed by atoms with E-state index in [-0.39, 0.29) is 23.8 Å². The molecular formula is C20H28N4O6S. The normalized spacial score (nSPS) is 11.4. The van der Waals surface area contributed by atoms with Gasteiger partial charge in [-0.05, 0) is 24.3 Å². The number of sulfonamides is 1. The summed E-state index contributed by atoms with van der Waals surface area (Å²) in [6, 6.07) is 7.85. The molecule has 0 atom stereocenters. The van der Waals surface area contributed by atoms with Crippen LogP contribution in [0.15, 0.2) is 41.4 Å². The third kappa shape index (κ3) is 6.29. The number of hydrogen-bond donors (Lipinski definition) is 2. The summed E-state index contributed by atoms with van der Waals surface area (Å²) in [4.78, 5) is 24.5. The van der Waals surface area contributed by atoms with Crippen molar-refractivity contribution in [3.05, 3.63) is 42.2 Å². The van der Waals surface area contributed by atoms with Crippen molar-refractivity contribution < 1.29 is 27.5 Å². The average Bonchev–Trinajstić information content (AvgIpc) is 3.12. The Bertz CT molecular complexity index is 1010. The fourth-order valence-electron chi connectivity index (χ4n) is 2.86. The predicted octanol–water partition coefficient (Wildman–Crippen LogP) is 2.50. The zero-order chi connectivity index (χ0) is 23.0. The van der Waals surface area contributed by atoms with Gasteiger partial charge < -0.3 is 19.4 Å². The van der Waals surface area contributed by atoms with Crippen molar-refractivity contribution in [2.45, 2.75) is 18.7 Å². The van der Waals surface area contributed by atoms with Gasteiger partial charge in [0.05, 0.1) is 6.61 Å². The van der Waals surface area contributed by atoms with Crippen LogP contribution in [0, 0.1) is 0 Å². The number of anilines is 2. The minimum absolute atomic E-state index is 0.0538. The second kappa shape index (κ2) is 10.9. The van der Waals surface area contributed by atoms with E-state index in [0.717, 1.165) is 0 Å². The molecule has 0 aliphatic rings. The summed E-state index contributed by atoms with van der Waals surface area (Å²) in [6.45, 7) is 4.58. The van der Waals surface area contributed by atoms with Crippen molar-refractivity contribution in [3.63, 3.8) is 0 Å². The topological polar surface area (TPSA) is 119 Å². The maximum Gasteiger partial charge on any atom is 0.411 e. The lowest BCUT2D eigenvalue weighted by Crippen LogP contribution is -2.30. The van der Waals surface area contributed by atoms with Crippen LogP contribution in [-0.2, 0) is 26.5 Å². The Morgan fingerprint density at radius 1 is 1.06 bits per heavy atom. The molecule has 2 N–H and O–H groups in total. The maximum atomic E-state index is 12.7. The number of benzene rings is 1. The van der Waals surface area contributed by atoms with Crippen molar-refractivity contribution in [1.82, 2.24) is 8.87 Å². The van der Waals surface area contributed by atoms with E-state index in [2.05, 4.69) is 10.6 Å². The lowest BCUT2D eigenvalue weighted by atomic mass is 10.2. The Morgan fingerprint density at radius 3 is 2.32 bits per heavy atom. The smallest absolute Gasteiger partial charge is 0.411 e. The molecule has 0 aliphatic heterocycles. The maximum absolute atomic E-state index is 12.7. The number of amides is 2. The molecular weight excluding hydrogens is 424 g/mol. The fourth-order valence-corrected chi connectivity index (χ4v) is 4.38. The zero-order valence-electron chi connectivity index (χ0n) is 18.0. The van der Waals surface area contributed by atoms with Gasteiger partial charge in [-0.15, -0.1) is 0 Å². The average molecular weight is 453 g/mol. The molecule has 1 aromatic carbocycles. The van der Waals surface area contributed by atoms with Gasteiger partial charge in [-0.25, -0.2) is 13.2 Å². The van der Waals surface area contributed by atoms with E-state index in [0.29, 0.717) is 24.5 Å². The van der Waals surface area contributed by atoms with Crippen LogP contribution in [0.1, 0.15) is 24.3 Å². The summed E-state index contributed by atoms with van der Waals surface area (Å²) >= 11 is 0. The number of aromatic nitrogens is 1. The Morgan fingerprint density at radius 2 is 1.71 bits per heavy atom. The number of carbonyl (C=O) groups is 2. The molecule has 0 radical (unpaired) electrons. The molecule has 0 aliphatic carbocycles. The van der Waals surface area contributed by atoms with E-state index in [9.17, 15) is 18.0 Å². The van der Waals surface area contributed by atoms with Gasteiger partial charge >= 0.3 is 6.09 Å². The van der Waals surface area contributed by atoms with Crippen LogP contribution in [-0.4, -0.2) is 62.7 Å². The first-order valence-electron chi connectivity index (χ1n) is 9.73. The highest BCUT2D eigenvalue weighted by molar-refractivity contribution is 7.89. The number of ether oxygens (including phenoxy) is 2. The highest BCUT2D eigenvalue weighted by Crippen LogP contribution is 2.20. The van der Waals surface area contributed by atoms with Gasteiger partial charge in [0.2, 0.25) is 10.0 Å². The van der Waals surface area contributed by atoms with Gasteiger partial charge in [0.25, 0.3) is 5.91 Å². The number of nitrogens with one attached hydrogen (secondary N) is 2. The number of rotatable bonds is 10. The van der Waals surface area contributed by atoms with Crippen LogP contribution in [0.5, 0.6) is 0 Å².